The molecule has 5 heteroatoms. The quantitative estimate of drug-likeness (QED) is 0.458. The van der Waals surface area contributed by atoms with Gasteiger partial charge in [-0.2, -0.15) is 5.11 Å². The average Bonchev–Trinajstić information content (AvgIpc) is 2.74. The third kappa shape index (κ3) is 3.82. The number of carbonyl (C=O) groups is 2. The van der Waals surface area contributed by atoms with E-state index in [1.165, 1.54) is 11.1 Å². The third-order valence-electron chi connectivity index (χ3n) is 7.58. The van der Waals surface area contributed by atoms with Crippen molar-refractivity contribution in [2.45, 2.75) is 89.5 Å². The number of aromatic nitrogens is 1. The van der Waals surface area contributed by atoms with Crippen LogP contribution in [0.4, 0.5) is 0 Å². The lowest BCUT2D eigenvalue weighted by atomic mass is 9.62. The number of aryl methyl sites for hydroxylation is 1. The number of hydrogen-bond acceptors (Lipinski definition) is 5. The van der Waals surface area contributed by atoms with E-state index in [2.05, 4.69) is 56.8 Å². The van der Waals surface area contributed by atoms with Crippen LogP contribution in [0.1, 0.15) is 105 Å². The number of ketones is 2. The van der Waals surface area contributed by atoms with Gasteiger partial charge in [-0.3, -0.25) is 14.6 Å². The highest BCUT2D eigenvalue weighted by molar-refractivity contribution is 6.09. The Labute approximate surface area is 190 Å². The van der Waals surface area contributed by atoms with Gasteiger partial charge < -0.3 is 0 Å². The first-order valence-corrected chi connectivity index (χ1v) is 11.6. The molecule has 2 aliphatic carbocycles. The van der Waals surface area contributed by atoms with Crippen LogP contribution >= 0.6 is 0 Å². The topological polar surface area (TPSA) is 83.2 Å². The van der Waals surface area contributed by atoms with Gasteiger partial charge in [0.1, 0.15) is 23.5 Å². The highest BCUT2D eigenvalue weighted by Crippen LogP contribution is 2.47. The average molecular weight is 432 g/mol. The fourth-order valence-corrected chi connectivity index (χ4v) is 5.35. The van der Waals surface area contributed by atoms with Gasteiger partial charge in [0.25, 0.3) is 0 Å². The Balaban J connectivity index is 1.73. The largest absolute Gasteiger partial charge is 0.299 e. The SMILES string of the molecule is Cc1cc2c(cc1C(N=N)c1ccc(C3C(=O)CCCC3=O)cn1)C(C)(C)CCC2(C)C. The van der Waals surface area contributed by atoms with Crippen molar-refractivity contribution in [2.75, 3.05) is 0 Å². The van der Waals surface area contributed by atoms with Crippen molar-refractivity contribution >= 4 is 11.6 Å². The molecular weight excluding hydrogens is 398 g/mol. The maximum Gasteiger partial charge on any atom is 0.147 e. The summed E-state index contributed by atoms with van der Waals surface area (Å²) < 4.78 is 0. The molecule has 2 aromatic rings. The fraction of sp³-hybridized carbons (Fsp3) is 0.519. The van der Waals surface area contributed by atoms with Gasteiger partial charge in [0.05, 0.1) is 5.69 Å². The molecule has 1 heterocycles. The van der Waals surface area contributed by atoms with E-state index < -0.39 is 12.0 Å². The normalized spacial score (nSPS) is 21.2. The van der Waals surface area contributed by atoms with Gasteiger partial charge in [0.15, 0.2) is 0 Å². The summed E-state index contributed by atoms with van der Waals surface area (Å²) in [6.45, 7) is 11.3. The van der Waals surface area contributed by atoms with Crippen LogP contribution in [0.3, 0.4) is 0 Å². The summed E-state index contributed by atoms with van der Waals surface area (Å²) >= 11 is 0. The van der Waals surface area contributed by atoms with Crippen LogP contribution < -0.4 is 0 Å². The van der Waals surface area contributed by atoms with Crippen molar-refractivity contribution in [1.29, 1.82) is 5.53 Å². The van der Waals surface area contributed by atoms with E-state index in [-0.39, 0.29) is 22.4 Å². The molecule has 1 aromatic carbocycles. The molecule has 1 unspecified atom stereocenters. The standard InChI is InChI=1S/C27H33N3O2/c1-16-13-19-20(27(4,5)12-11-26(19,2)3)14-18(16)25(30-28)21-10-9-17(15-29-21)24-22(31)7-6-8-23(24)32/h9-10,13-15,24-25,28H,6-8,11-12H2,1-5H3. The van der Waals surface area contributed by atoms with Crippen LogP contribution in [0.25, 0.3) is 0 Å². The number of nitrogens with zero attached hydrogens (tertiary/aromatic N) is 2. The highest BCUT2D eigenvalue weighted by atomic mass is 16.2. The van der Waals surface area contributed by atoms with Gasteiger partial charge in [-0.05, 0) is 70.9 Å². The van der Waals surface area contributed by atoms with E-state index in [0.717, 1.165) is 24.0 Å². The monoisotopic (exact) mass is 431 g/mol. The van der Waals surface area contributed by atoms with Crippen molar-refractivity contribution in [3.05, 3.63) is 64.0 Å². The summed E-state index contributed by atoms with van der Waals surface area (Å²) in [4.78, 5) is 29.2. The lowest BCUT2D eigenvalue weighted by Crippen LogP contribution is -2.34. The number of fused-ring (bicyclic) bond motifs is 1. The molecule has 1 fully saturated rings. The molecule has 0 bridgehead atoms. The number of hydrogen-bond donors (Lipinski definition) is 1. The van der Waals surface area contributed by atoms with E-state index in [1.54, 1.807) is 6.20 Å². The minimum Gasteiger partial charge on any atom is -0.299 e. The molecule has 0 radical (unpaired) electrons. The molecule has 0 saturated heterocycles. The second-order valence-corrected chi connectivity index (χ2v) is 10.8. The minimum absolute atomic E-state index is 0.0205. The van der Waals surface area contributed by atoms with Crippen molar-refractivity contribution in [3.63, 3.8) is 0 Å². The van der Waals surface area contributed by atoms with Crippen molar-refractivity contribution in [2.24, 2.45) is 5.11 Å². The maximum absolute atomic E-state index is 12.3. The number of nitrogens with one attached hydrogen (secondary N) is 1. The van der Waals surface area contributed by atoms with Gasteiger partial charge in [0.2, 0.25) is 0 Å². The molecular formula is C27H33N3O2. The Bertz CT molecular complexity index is 1070. The molecule has 0 aliphatic heterocycles. The zero-order valence-electron chi connectivity index (χ0n) is 19.8. The number of benzene rings is 1. The van der Waals surface area contributed by atoms with E-state index in [0.29, 0.717) is 30.5 Å². The second-order valence-electron chi connectivity index (χ2n) is 10.8. The summed E-state index contributed by atoms with van der Waals surface area (Å²) in [7, 11) is 0. The van der Waals surface area contributed by atoms with E-state index in [9.17, 15) is 9.59 Å². The Hall–Kier alpha value is -2.69. The summed E-state index contributed by atoms with van der Waals surface area (Å²) in [5, 5.41) is 3.95. The molecule has 2 aliphatic rings. The Kier molecular flexibility index (Phi) is 5.64. The molecule has 0 spiro atoms. The number of carbonyl (C=O) groups excluding carboxylic acids is 2. The van der Waals surface area contributed by atoms with Gasteiger partial charge in [-0.1, -0.05) is 45.9 Å². The summed E-state index contributed by atoms with van der Waals surface area (Å²) in [6.07, 6.45) is 5.44. The summed E-state index contributed by atoms with van der Waals surface area (Å²) in [5.41, 5.74) is 14.3. The maximum atomic E-state index is 12.3. The fourth-order valence-electron chi connectivity index (χ4n) is 5.35. The van der Waals surface area contributed by atoms with Crippen LogP contribution in [-0.4, -0.2) is 16.6 Å². The first-order valence-electron chi connectivity index (χ1n) is 11.6. The predicted octanol–water partition coefficient (Wildman–Crippen LogP) is 6.27. The number of rotatable bonds is 4. The first-order chi connectivity index (χ1) is 15.0. The van der Waals surface area contributed by atoms with Crippen LogP contribution in [0.15, 0.2) is 35.6 Å². The third-order valence-corrected chi connectivity index (χ3v) is 7.58. The Morgan fingerprint density at radius 3 is 2.12 bits per heavy atom. The Morgan fingerprint density at radius 2 is 1.59 bits per heavy atom. The molecule has 1 N–H and O–H groups in total. The van der Waals surface area contributed by atoms with Crippen molar-refractivity contribution in [1.82, 2.24) is 4.98 Å². The Morgan fingerprint density at radius 1 is 1.00 bits per heavy atom. The summed E-state index contributed by atoms with van der Waals surface area (Å²) in [5.74, 6) is -0.731. The highest BCUT2D eigenvalue weighted by Gasteiger charge is 2.38. The first kappa shape index (κ1) is 22.5. The van der Waals surface area contributed by atoms with Crippen molar-refractivity contribution < 1.29 is 9.59 Å². The van der Waals surface area contributed by atoms with Gasteiger partial charge in [-0.25, -0.2) is 5.53 Å². The van der Waals surface area contributed by atoms with Crippen LogP contribution in [0.2, 0.25) is 0 Å². The van der Waals surface area contributed by atoms with Crippen LogP contribution in [0.5, 0.6) is 0 Å². The lowest BCUT2D eigenvalue weighted by molar-refractivity contribution is -0.131. The molecule has 1 saturated carbocycles. The number of pyridine rings is 1. The zero-order chi connectivity index (χ0) is 23.3. The summed E-state index contributed by atoms with van der Waals surface area (Å²) in [6, 6.07) is 7.64. The predicted molar refractivity (Wildman–Crippen MR) is 124 cm³/mol. The zero-order valence-corrected chi connectivity index (χ0v) is 19.8. The van der Waals surface area contributed by atoms with Crippen LogP contribution in [-0.2, 0) is 20.4 Å². The van der Waals surface area contributed by atoms with Gasteiger partial charge >= 0.3 is 0 Å². The second kappa shape index (κ2) is 8.02. The molecule has 4 rings (SSSR count). The van der Waals surface area contributed by atoms with Gasteiger partial charge in [-0.15, -0.1) is 0 Å². The van der Waals surface area contributed by atoms with Gasteiger partial charge in [0, 0.05) is 19.0 Å². The number of Topliss-reactive ketones (excluding diaryl/α,β-unsaturated/α-hetero) is 2. The molecule has 5 nitrogen and oxygen atoms in total. The van der Waals surface area contributed by atoms with E-state index in [1.807, 2.05) is 12.1 Å². The minimum atomic E-state index is -0.690. The van der Waals surface area contributed by atoms with Crippen molar-refractivity contribution in [3.8, 4) is 0 Å². The molecule has 1 aromatic heterocycles. The van der Waals surface area contributed by atoms with E-state index >= 15 is 0 Å². The van der Waals surface area contributed by atoms with E-state index in [4.69, 9.17) is 5.53 Å². The smallest absolute Gasteiger partial charge is 0.147 e. The lowest BCUT2D eigenvalue weighted by Gasteiger charge is -2.42. The molecule has 1 atom stereocenters. The molecule has 168 valence electrons. The molecule has 32 heavy (non-hydrogen) atoms. The van der Waals surface area contributed by atoms with Crippen LogP contribution in [0, 0.1) is 12.5 Å². The molecule has 0 amide bonds.